The second-order valence-corrected chi connectivity index (χ2v) is 8.04. The van der Waals surface area contributed by atoms with Crippen LogP contribution >= 0.6 is 0 Å². The monoisotopic (exact) mass is 383 g/mol. The number of carbonyl (C=O) groups excluding carboxylic acids is 2. The van der Waals surface area contributed by atoms with Gasteiger partial charge in [-0.25, -0.2) is 0 Å². The number of allylic oxidation sites excluding steroid dienone is 2. The maximum Gasteiger partial charge on any atom is 0.284 e. The molecule has 0 fully saturated rings. The predicted octanol–water partition coefficient (Wildman–Crippen LogP) is 2.14. The zero-order valence-electron chi connectivity index (χ0n) is 15.2. The molecular formula is C20H19N2O4S+. The number of sulfonamides is 1. The molecule has 1 heterocycles. The summed E-state index contributed by atoms with van der Waals surface area (Å²) in [4.78, 5) is 25.6. The highest BCUT2D eigenvalue weighted by molar-refractivity contribution is 7.90. The Kier molecular flexibility index (Phi) is 4.89. The van der Waals surface area contributed by atoms with Gasteiger partial charge in [-0.1, -0.05) is 23.8 Å². The molecule has 0 radical (unpaired) electrons. The summed E-state index contributed by atoms with van der Waals surface area (Å²) in [6.07, 6.45) is 3.20. The number of benzene rings is 1. The molecule has 3 rings (SSSR count). The summed E-state index contributed by atoms with van der Waals surface area (Å²) in [5, 5.41) is 0. The molecule has 1 aromatic carbocycles. The van der Waals surface area contributed by atoms with E-state index in [-0.39, 0.29) is 22.0 Å². The summed E-state index contributed by atoms with van der Waals surface area (Å²) in [5.74, 6) is -0.990. The molecular weight excluding hydrogens is 364 g/mol. The molecule has 0 aliphatic heterocycles. The van der Waals surface area contributed by atoms with Crippen molar-refractivity contribution in [3.63, 3.8) is 0 Å². The molecule has 27 heavy (non-hydrogen) atoms. The van der Waals surface area contributed by atoms with Gasteiger partial charge in [-0.3, -0.25) is 9.59 Å². The van der Waals surface area contributed by atoms with E-state index < -0.39 is 21.8 Å². The molecule has 0 unspecified atom stereocenters. The fourth-order valence-corrected chi connectivity index (χ4v) is 3.91. The molecule has 0 N–H and O–H groups in total. The SMILES string of the molecule is CC1=C(C)C(=NS(=O)(=O)c2ccc(C)cc2)C(=O)[C@H]([n+]2ccccc2)C1=O. The van der Waals surface area contributed by atoms with Gasteiger partial charge >= 0.3 is 0 Å². The van der Waals surface area contributed by atoms with E-state index in [1.54, 1.807) is 56.6 Å². The van der Waals surface area contributed by atoms with E-state index in [9.17, 15) is 18.0 Å². The van der Waals surface area contributed by atoms with Gasteiger partial charge in [0.05, 0.1) is 4.90 Å². The molecule has 0 amide bonds. The highest BCUT2D eigenvalue weighted by atomic mass is 32.2. The Morgan fingerprint density at radius 3 is 2.04 bits per heavy atom. The van der Waals surface area contributed by atoms with Crippen molar-refractivity contribution in [3.05, 3.63) is 71.6 Å². The van der Waals surface area contributed by atoms with Gasteiger partial charge in [0.25, 0.3) is 21.8 Å². The number of ketones is 2. The number of aryl methyl sites for hydroxylation is 1. The van der Waals surface area contributed by atoms with Gasteiger partial charge in [0.1, 0.15) is 5.71 Å². The lowest BCUT2D eigenvalue weighted by atomic mass is 9.86. The zero-order chi connectivity index (χ0) is 19.8. The van der Waals surface area contributed by atoms with Crippen LogP contribution in [-0.2, 0) is 19.6 Å². The van der Waals surface area contributed by atoms with E-state index in [1.807, 2.05) is 6.92 Å². The number of nitrogens with zero attached hydrogens (tertiary/aromatic N) is 2. The van der Waals surface area contributed by atoms with Gasteiger partial charge < -0.3 is 0 Å². The maximum absolute atomic E-state index is 13.0. The number of hydrogen-bond donors (Lipinski definition) is 0. The van der Waals surface area contributed by atoms with E-state index in [4.69, 9.17) is 0 Å². The fourth-order valence-electron chi connectivity index (χ4n) is 2.85. The van der Waals surface area contributed by atoms with Crippen molar-refractivity contribution in [2.45, 2.75) is 31.7 Å². The lowest BCUT2D eigenvalue weighted by Gasteiger charge is -2.19. The first-order chi connectivity index (χ1) is 12.7. The van der Waals surface area contributed by atoms with Crippen LogP contribution in [0.5, 0.6) is 0 Å². The predicted molar refractivity (Wildman–Crippen MR) is 99.9 cm³/mol. The van der Waals surface area contributed by atoms with Gasteiger partial charge in [-0.15, -0.1) is 0 Å². The molecule has 0 spiro atoms. The first kappa shape index (κ1) is 18.8. The minimum absolute atomic E-state index is 0.000308. The zero-order valence-corrected chi connectivity index (χ0v) is 16.0. The van der Waals surface area contributed by atoms with Crippen LogP contribution in [0.15, 0.2) is 75.3 Å². The van der Waals surface area contributed by atoms with Crippen molar-refractivity contribution in [1.82, 2.24) is 0 Å². The van der Waals surface area contributed by atoms with Gasteiger partial charge in [-0.05, 0) is 38.5 Å². The first-order valence-electron chi connectivity index (χ1n) is 8.36. The molecule has 0 bridgehead atoms. The molecule has 7 heteroatoms. The summed E-state index contributed by atoms with van der Waals surface area (Å²) in [6, 6.07) is 10.2. The van der Waals surface area contributed by atoms with E-state index >= 15 is 0 Å². The highest BCUT2D eigenvalue weighted by Crippen LogP contribution is 2.24. The Hall–Kier alpha value is -2.93. The third-order valence-electron chi connectivity index (χ3n) is 4.58. The molecule has 1 aliphatic carbocycles. The normalized spacial score (nSPS) is 19.7. The van der Waals surface area contributed by atoms with Crippen LogP contribution in [0.2, 0.25) is 0 Å². The topological polar surface area (TPSA) is 84.5 Å². The van der Waals surface area contributed by atoms with Crippen molar-refractivity contribution < 1.29 is 22.6 Å². The van der Waals surface area contributed by atoms with Gasteiger partial charge in [0, 0.05) is 17.7 Å². The molecule has 1 aliphatic rings. The van der Waals surface area contributed by atoms with Crippen molar-refractivity contribution in [1.29, 1.82) is 0 Å². The summed E-state index contributed by atoms with van der Waals surface area (Å²) in [6.45, 7) is 4.96. The average molecular weight is 383 g/mol. The Morgan fingerprint density at radius 1 is 0.852 bits per heavy atom. The molecule has 138 valence electrons. The lowest BCUT2D eigenvalue weighted by Crippen LogP contribution is -2.53. The van der Waals surface area contributed by atoms with Crippen molar-refractivity contribution in [2.24, 2.45) is 4.40 Å². The van der Waals surface area contributed by atoms with Crippen LogP contribution in [0.1, 0.15) is 25.5 Å². The molecule has 0 saturated carbocycles. The van der Waals surface area contributed by atoms with Gasteiger partial charge in [-0.2, -0.15) is 17.4 Å². The van der Waals surface area contributed by atoms with E-state index in [0.29, 0.717) is 5.57 Å². The number of Topliss-reactive ketones (excluding diaryl/α,β-unsaturated/α-hetero) is 2. The largest absolute Gasteiger partial charge is 0.286 e. The van der Waals surface area contributed by atoms with Crippen LogP contribution in [0.25, 0.3) is 0 Å². The molecule has 1 atom stereocenters. The standard InChI is InChI=1S/C20H19N2O4S/c1-13-7-9-16(10-8-13)27(25,26)21-17-14(2)15(3)19(23)18(20(17)24)22-11-5-4-6-12-22/h4-12,18H,1-3H3/q+1/t18-/m1/s1. The van der Waals surface area contributed by atoms with Crippen LogP contribution in [0.3, 0.4) is 0 Å². The van der Waals surface area contributed by atoms with Crippen molar-refractivity contribution in [2.75, 3.05) is 0 Å². The number of hydrogen-bond acceptors (Lipinski definition) is 4. The molecule has 2 aromatic rings. The van der Waals surface area contributed by atoms with Crippen molar-refractivity contribution in [3.8, 4) is 0 Å². The minimum Gasteiger partial charge on any atom is -0.286 e. The third-order valence-corrected chi connectivity index (χ3v) is 5.88. The maximum atomic E-state index is 13.0. The number of aromatic nitrogens is 1. The van der Waals surface area contributed by atoms with E-state index in [1.165, 1.54) is 16.7 Å². The fraction of sp³-hybridized carbons (Fsp3) is 0.200. The molecule has 6 nitrogen and oxygen atoms in total. The highest BCUT2D eigenvalue weighted by Gasteiger charge is 2.44. The van der Waals surface area contributed by atoms with Gasteiger partial charge in [0.2, 0.25) is 5.78 Å². The Balaban J connectivity index is 2.13. The summed E-state index contributed by atoms with van der Waals surface area (Å²) in [5.41, 5.74) is 1.32. The second-order valence-electron chi connectivity index (χ2n) is 6.43. The summed E-state index contributed by atoms with van der Waals surface area (Å²) in [7, 11) is -4.08. The minimum atomic E-state index is -4.08. The van der Waals surface area contributed by atoms with Crippen LogP contribution in [0.4, 0.5) is 0 Å². The number of carbonyl (C=O) groups is 2. The van der Waals surface area contributed by atoms with E-state index in [2.05, 4.69) is 4.40 Å². The Bertz CT molecular complexity index is 1080. The third kappa shape index (κ3) is 3.50. The van der Waals surface area contributed by atoms with E-state index in [0.717, 1.165) is 5.56 Å². The Labute approximate surface area is 157 Å². The quantitative estimate of drug-likeness (QED) is 0.600. The average Bonchev–Trinajstić information content (AvgIpc) is 2.65. The van der Waals surface area contributed by atoms with Crippen LogP contribution in [-0.4, -0.2) is 25.7 Å². The second kappa shape index (κ2) is 7.00. The molecule has 1 aromatic heterocycles. The number of pyridine rings is 1. The van der Waals surface area contributed by atoms with Crippen molar-refractivity contribution >= 4 is 27.3 Å². The lowest BCUT2D eigenvalue weighted by molar-refractivity contribution is -0.695. The summed E-state index contributed by atoms with van der Waals surface area (Å²) < 4.78 is 30.6. The summed E-state index contributed by atoms with van der Waals surface area (Å²) >= 11 is 0. The van der Waals surface area contributed by atoms with Crippen LogP contribution < -0.4 is 4.57 Å². The van der Waals surface area contributed by atoms with Gasteiger partial charge in [0.15, 0.2) is 12.4 Å². The molecule has 0 saturated heterocycles. The first-order valence-corrected chi connectivity index (χ1v) is 9.80. The number of rotatable bonds is 3. The Morgan fingerprint density at radius 2 is 1.44 bits per heavy atom. The van der Waals surface area contributed by atoms with Crippen LogP contribution in [0, 0.1) is 6.92 Å². The smallest absolute Gasteiger partial charge is 0.284 e.